The van der Waals surface area contributed by atoms with E-state index in [0.717, 1.165) is 57.8 Å². The molecule has 0 aromatic rings. The fourth-order valence-electron chi connectivity index (χ4n) is 11.7. The highest BCUT2D eigenvalue weighted by Crippen LogP contribution is 2.19. The fourth-order valence-corrected chi connectivity index (χ4v) is 11.7. The van der Waals surface area contributed by atoms with Crippen LogP contribution >= 0.6 is 0 Å². The fraction of sp³-hybridized carbons (Fsp3) is 0.933. The van der Waals surface area contributed by atoms with Crippen LogP contribution in [0.4, 0.5) is 0 Å². The molecule has 0 aromatic carbocycles. The van der Waals surface area contributed by atoms with Crippen molar-refractivity contribution in [3.05, 3.63) is 12.2 Å². The van der Waals surface area contributed by atoms with Crippen LogP contribution in [0.3, 0.4) is 0 Å². The van der Waals surface area contributed by atoms with Gasteiger partial charge in [0, 0.05) is 19.3 Å². The molecule has 0 saturated carbocycles. The standard InChI is InChI=1S/C75H144O6/c1-4-7-10-13-16-19-22-25-27-29-31-33-35-36-37-38-39-41-42-44-46-48-50-53-56-59-62-65-68-74(77)80-71-72(70-79-73(76)67-64-61-58-55-52-24-21-18-15-12-9-6-3)81-75(78)69-66-63-60-57-54-51-49-47-45-43-40-34-32-30-28-26-23-20-17-14-11-8-5-2/h30,32,72H,4-29,31,33-71H2,1-3H3/b32-30-. The van der Waals surface area contributed by atoms with Crippen molar-refractivity contribution in [3.8, 4) is 0 Å². The maximum absolute atomic E-state index is 13.0. The molecule has 0 radical (unpaired) electrons. The van der Waals surface area contributed by atoms with Crippen LogP contribution in [0, 0.1) is 0 Å². The number of carbonyl (C=O) groups excluding carboxylic acids is 3. The molecule has 6 heteroatoms. The molecule has 0 N–H and O–H groups in total. The van der Waals surface area contributed by atoms with Gasteiger partial charge in [0.25, 0.3) is 0 Å². The molecule has 0 rings (SSSR count). The third-order valence-electron chi connectivity index (χ3n) is 17.3. The van der Waals surface area contributed by atoms with E-state index in [-0.39, 0.29) is 31.1 Å². The summed E-state index contributed by atoms with van der Waals surface area (Å²) in [6, 6.07) is 0. The molecule has 0 saturated heterocycles. The van der Waals surface area contributed by atoms with Crippen molar-refractivity contribution in [2.24, 2.45) is 0 Å². The highest BCUT2D eigenvalue weighted by atomic mass is 16.6. The van der Waals surface area contributed by atoms with Crippen molar-refractivity contribution in [3.63, 3.8) is 0 Å². The number of hydrogen-bond donors (Lipinski definition) is 0. The highest BCUT2D eigenvalue weighted by Gasteiger charge is 2.20. The number of esters is 3. The van der Waals surface area contributed by atoms with Gasteiger partial charge in [-0.1, -0.05) is 380 Å². The minimum absolute atomic E-state index is 0.0631. The van der Waals surface area contributed by atoms with E-state index in [2.05, 4.69) is 32.9 Å². The minimum Gasteiger partial charge on any atom is -0.462 e. The Morgan fingerprint density at radius 3 is 0.617 bits per heavy atom. The van der Waals surface area contributed by atoms with Crippen molar-refractivity contribution < 1.29 is 28.6 Å². The predicted molar refractivity (Wildman–Crippen MR) is 353 cm³/mol. The Bertz CT molecular complexity index is 1260. The zero-order chi connectivity index (χ0) is 58.5. The first kappa shape index (κ1) is 79.2. The van der Waals surface area contributed by atoms with Crippen LogP contribution in [0.15, 0.2) is 12.2 Å². The Hall–Kier alpha value is -1.85. The second-order valence-corrected chi connectivity index (χ2v) is 25.6. The number of unbranched alkanes of at least 4 members (excludes halogenated alkanes) is 57. The van der Waals surface area contributed by atoms with Gasteiger partial charge in [-0.3, -0.25) is 14.4 Å². The maximum atomic E-state index is 13.0. The van der Waals surface area contributed by atoms with Gasteiger partial charge < -0.3 is 14.2 Å². The van der Waals surface area contributed by atoms with Crippen molar-refractivity contribution in [2.45, 2.75) is 438 Å². The van der Waals surface area contributed by atoms with Crippen LogP contribution < -0.4 is 0 Å². The lowest BCUT2D eigenvalue weighted by atomic mass is 10.0. The first-order valence-corrected chi connectivity index (χ1v) is 37.2. The van der Waals surface area contributed by atoms with E-state index in [1.807, 2.05) is 0 Å². The molecular weight excluding hydrogens is 997 g/mol. The number of carbonyl (C=O) groups is 3. The Morgan fingerprint density at radius 2 is 0.407 bits per heavy atom. The predicted octanol–water partition coefficient (Wildman–Crippen LogP) is 25.6. The van der Waals surface area contributed by atoms with Gasteiger partial charge in [-0.25, -0.2) is 0 Å². The van der Waals surface area contributed by atoms with E-state index < -0.39 is 6.10 Å². The quantitative estimate of drug-likeness (QED) is 0.0261. The molecule has 0 aliphatic heterocycles. The molecule has 480 valence electrons. The summed E-state index contributed by atoms with van der Waals surface area (Å²) in [5.41, 5.74) is 0. The number of rotatable bonds is 70. The topological polar surface area (TPSA) is 78.9 Å². The second kappa shape index (κ2) is 70.6. The van der Waals surface area contributed by atoms with E-state index in [0.29, 0.717) is 19.3 Å². The van der Waals surface area contributed by atoms with E-state index in [4.69, 9.17) is 14.2 Å². The molecule has 0 heterocycles. The highest BCUT2D eigenvalue weighted by molar-refractivity contribution is 5.71. The van der Waals surface area contributed by atoms with E-state index in [1.165, 1.54) is 334 Å². The van der Waals surface area contributed by atoms with Crippen LogP contribution in [0.25, 0.3) is 0 Å². The molecule has 0 aliphatic rings. The number of allylic oxidation sites excluding steroid dienone is 2. The van der Waals surface area contributed by atoms with Gasteiger partial charge in [-0.15, -0.1) is 0 Å². The Balaban J connectivity index is 4.14. The molecule has 0 aromatic heterocycles. The molecule has 81 heavy (non-hydrogen) atoms. The lowest BCUT2D eigenvalue weighted by Crippen LogP contribution is -2.30. The van der Waals surface area contributed by atoms with Gasteiger partial charge in [-0.05, 0) is 44.9 Å². The summed E-state index contributed by atoms with van der Waals surface area (Å²) >= 11 is 0. The minimum atomic E-state index is -0.767. The van der Waals surface area contributed by atoms with Gasteiger partial charge in [0.15, 0.2) is 6.10 Å². The van der Waals surface area contributed by atoms with Crippen molar-refractivity contribution in [2.75, 3.05) is 13.2 Å². The summed E-state index contributed by atoms with van der Waals surface area (Å²) in [6.45, 7) is 6.73. The van der Waals surface area contributed by atoms with Gasteiger partial charge in [0.2, 0.25) is 0 Å². The first-order chi connectivity index (χ1) is 40.0. The third kappa shape index (κ3) is 68.8. The largest absolute Gasteiger partial charge is 0.462 e. The van der Waals surface area contributed by atoms with Crippen LogP contribution in [0.5, 0.6) is 0 Å². The van der Waals surface area contributed by atoms with E-state index >= 15 is 0 Å². The average molecular weight is 1140 g/mol. The van der Waals surface area contributed by atoms with Crippen LogP contribution in [0.1, 0.15) is 432 Å². The van der Waals surface area contributed by atoms with Crippen molar-refractivity contribution in [1.29, 1.82) is 0 Å². The zero-order valence-corrected chi connectivity index (χ0v) is 55.4. The third-order valence-corrected chi connectivity index (χ3v) is 17.3. The molecule has 1 atom stereocenters. The molecule has 0 aliphatic carbocycles. The lowest BCUT2D eigenvalue weighted by Gasteiger charge is -2.18. The van der Waals surface area contributed by atoms with Crippen LogP contribution in [-0.4, -0.2) is 37.2 Å². The molecule has 0 fully saturated rings. The SMILES string of the molecule is CCCCCCCCCC/C=C\CCCCCCCCCCCCCC(=O)OC(COC(=O)CCCCCCCCCCCCCC)COC(=O)CCCCCCCCCCCCCCCCCCCCCCCCCCCCCC. The smallest absolute Gasteiger partial charge is 0.306 e. The summed E-state index contributed by atoms with van der Waals surface area (Å²) in [5, 5.41) is 0. The lowest BCUT2D eigenvalue weighted by molar-refractivity contribution is -0.167. The monoisotopic (exact) mass is 1140 g/mol. The van der Waals surface area contributed by atoms with Crippen LogP contribution in [-0.2, 0) is 28.6 Å². The van der Waals surface area contributed by atoms with Gasteiger partial charge in [-0.2, -0.15) is 0 Å². The molecule has 0 bridgehead atoms. The van der Waals surface area contributed by atoms with E-state index in [9.17, 15) is 14.4 Å². The Morgan fingerprint density at radius 1 is 0.235 bits per heavy atom. The van der Waals surface area contributed by atoms with E-state index in [1.54, 1.807) is 0 Å². The Kier molecular flexibility index (Phi) is 69.0. The number of hydrogen-bond acceptors (Lipinski definition) is 6. The molecule has 0 spiro atoms. The molecular formula is C75H144O6. The normalized spacial score (nSPS) is 12.0. The summed E-state index contributed by atoms with van der Waals surface area (Å²) in [4.78, 5) is 38.4. The van der Waals surface area contributed by atoms with Crippen molar-refractivity contribution in [1.82, 2.24) is 0 Å². The van der Waals surface area contributed by atoms with Gasteiger partial charge in [0.05, 0.1) is 0 Å². The summed E-state index contributed by atoms with van der Waals surface area (Å²) in [5.74, 6) is -0.828. The summed E-state index contributed by atoms with van der Waals surface area (Å²) in [6.07, 6.45) is 85.5. The summed E-state index contributed by atoms with van der Waals surface area (Å²) in [7, 11) is 0. The van der Waals surface area contributed by atoms with Crippen molar-refractivity contribution >= 4 is 17.9 Å². The van der Waals surface area contributed by atoms with Crippen LogP contribution in [0.2, 0.25) is 0 Å². The average Bonchev–Trinajstić information content (AvgIpc) is 3.47. The maximum Gasteiger partial charge on any atom is 0.306 e. The molecule has 1 unspecified atom stereocenters. The molecule has 0 amide bonds. The van der Waals surface area contributed by atoms with Gasteiger partial charge in [0.1, 0.15) is 13.2 Å². The first-order valence-electron chi connectivity index (χ1n) is 37.2. The Labute approximate surface area is 507 Å². The zero-order valence-electron chi connectivity index (χ0n) is 55.4. The summed E-state index contributed by atoms with van der Waals surface area (Å²) < 4.78 is 17.0. The number of ether oxygens (including phenoxy) is 3. The molecule has 6 nitrogen and oxygen atoms in total. The second-order valence-electron chi connectivity index (χ2n) is 25.6. The van der Waals surface area contributed by atoms with Gasteiger partial charge >= 0.3 is 17.9 Å².